The predicted octanol–water partition coefficient (Wildman–Crippen LogP) is 5.00. The van der Waals surface area contributed by atoms with E-state index in [1.165, 1.54) is 11.3 Å². The van der Waals surface area contributed by atoms with E-state index in [4.69, 9.17) is 4.74 Å². The van der Waals surface area contributed by atoms with Crippen molar-refractivity contribution >= 4 is 40.7 Å². The Bertz CT molecular complexity index is 963. The van der Waals surface area contributed by atoms with Gasteiger partial charge in [0.1, 0.15) is 5.75 Å². The molecule has 0 bridgehead atoms. The van der Waals surface area contributed by atoms with Gasteiger partial charge in [0, 0.05) is 11.4 Å². The van der Waals surface area contributed by atoms with E-state index in [0.29, 0.717) is 17.1 Å². The summed E-state index contributed by atoms with van der Waals surface area (Å²) in [6, 6.07) is 19.5. The van der Waals surface area contributed by atoms with Gasteiger partial charge in [0.2, 0.25) is 0 Å². The zero-order valence-corrected chi connectivity index (χ0v) is 16.9. The molecule has 0 atom stereocenters. The van der Waals surface area contributed by atoms with Gasteiger partial charge < -0.3 is 10.1 Å². The number of methoxy groups -OCH3 is 1. The quantitative estimate of drug-likeness (QED) is 0.420. The molecule has 0 unspecified atom stereocenters. The minimum atomic E-state index is -0.275. The van der Waals surface area contributed by atoms with Crippen molar-refractivity contribution in [2.24, 2.45) is 0 Å². The van der Waals surface area contributed by atoms with Crippen LogP contribution >= 0.6 is 23.1 Å². The highest BCUT2D eigenvalue weighted by molar-refractivity contribution is 8.16. The number of carbonyl (C=O) groups is 2. The van der Waals surface area contributed by atoms with Crippen LogP contribution in [0.1, 0.15) is 10.4 Å². The molecule has 1 amide bonds. The van der Waals surface area contributed by atoms with Crippen LogP contribution in [-0.4, -0.2) is 18.6 Å². The van der Waals surface area contributed by atoms with Gasteiger partial charge in [-0.05, 0) is 58.1 Å². The Hall–Kier alpha value is -2.83. The molecule has 0 spiro atoms. The smallest absolute Gasteiger partial charge is 0.258 e. The molecule has 4 nitrogen and oxygen atoms in total. The fourth-order valence-electron chi connectivity index (χ4n) is 2.56. The molecular weight excluding hydrogens is 390 g/mol. The summed E-state index contributed by atoms with van der Waals surface area (Å²) in [5.41, 5.74) is 3.83. The van der Waals surface area contributed by atoms with Gasteiger partial charge >= 0.3 is 0 Å². The Morgan fingerprint density at radius 1 is 1.11 bits per heavy atom. The van der Waals surface area contributed by atoms with Gasteiger partial charge in [-0.1, -0.05) is 42.5 Å². The minimum Gasteiger partial charge on any atom is -0.497 e. The number of rotatable bonds is 8. The number of thioether (sulfide) groups is 1. The molecular formula is C22H19NO3S2. The number of hydrogen-bond acceptors (Lipinski definition) is 5. The van der Waals surface area contributed by atoms with Crippen LogP contribution < -0.4 is 10.1 Å². The molecule has 0 aliphatic heterocycles. The Morgan fingerprint density at radius 3 is 2.54 bits per heavy atom. The molecule has 28 heavy (non-hydrogen) atoms. The lowest BCUT2D eigenvalue weighted by Gasteiger charge is -2.07. The first kappa shape index (κ1) is 19.9. The first-order valence-corrected chi connectivity index (χ1v) is 10.3. The topological polar surface area (TPSA) is 55.4 Å². The molecule has 0 saturated heterocycles. The van der Waals surface area contributed by atoms with E-state index in [2.05, 4.69) is 5.32 Å². The molecule has 142 valence electrons. The van der Waals surface area contributed by atoms with Crippen molar-refractivity contribution in [3.8, 4) is 16.9 Å². The van der Waals surface area contributed by atoms with E-state index in [1.807, 2.05) is 66.0 Å². The molecule has 2 aromatic carbocycles. The molecule has 0 fully saturated rings. The summed E-state index contributed by atoms with van der Waals surface area (Å²) in [5.74, 6) is 0.488. The predicted molar refractivity (Wildman–Crippen MR) is 117 cm³/mol. The number of benzene rings is 2. The van der Waals surface area contributed by atoms with Crippen molar-refractivity contribution < 1.29 is 14.3 Å². The summed E-state index contributed by atoms with van der Waals surface area (Å²) < 4.78 is 5.13. The number of hydrogen-bond donors (Lipinski definition) is 1. The van der Waals surface area contributed by atoms with Gasteiger partial charge in [0.25, 0.3) is 5.91 Å². The number of ether oxygens (including phenoxy) is 1. The lowest BCUT2D eigenvalue weighted by Crippen LogP contribution is -2.23. The number of amides is 1. The summed E-state index contributed by atoms with van der Waals surface area (Å²) in [6.45, 7) is 0.374. The highest BCUT2D eigenvalue weighted by Gasteiger charge is 2.11. The second-order valence-electron chi connectivity index (χ2n) is 5.86. The number of carbonyl (C=O) groups excluding carboxylic acids is 2. The Kier molecular flexibility index (Phi) is 7.06. The maximum atomic E-state index is 12.5. The highest BCUT2D eigenvalue weighted by atomic mass is 32.2. The van der Waals surface area contributed by atoms with Gasteiger partial charge in [-0.3, -0.25) is 9.59 Å². The van der Waals surface area contributed by atoms with Gasteiger partial charge in [-0.2, -0.15) is 0 Å². The lowest BCUT2D eigenvalue weighted by atomic mass is 10.1. The fourth-order valence-corrected chi connectivity index (χ4v) is 3.96. The lowest BCUT2D eigenvalue weighted by molar-refractivity contribution is -0.116. The molecule has 3 rings (SSSR count). The molecule has 0 aliphatic rings. The molecule has 3 aromatic rings. The van der Waals surface area contributed by atoms with Crippen molar-refractivity contribution in [2.45, 2.75) is 6.54 Å². The van der Waals surface area contributed by atoms with Gasteiger partial charge in [-0.15, -0.1) is 11.3 Å². The van der Waals surface area contributed by atoms with Crippen molar-refractivity contribution in [1.29, 1.82) is 0 Å². The van der Waals surface area contributed by atoms with Crippen LogP contribution in [0.5, 0.6) is 5.75 Å². The van der Waals surface area contributed by atoms with Gasteiger partial charge in [-0.25, -0.2) is 0 Å². The van der Waals surface area contributed by atoms with Crippen molar-refractivity contribution in [3.63, 3.8) is 0 Å². The Balaban J connectivity index is 1.70. The van der Waals surface area contributed by atoms with Crippen LogP contribution in [0.2, 0.25) is 0 Å². The first-order chi connectivity index (χ1) is 13.7. The van der Waals surface area contributed by atoms with Crippen LogP contribution in [0.3, 0.4) is 0 Å². The normalized spacial score (nSPS) is 11.1. The standard InChI is InChI=1S/C22H19NO3S2/c1-26-19-9-7-16(8-10-19)13-23-22(25)21(28-15-24)12-20-11-18(14-27-20)17-5-3-2-4-6-17/h2-12,14-15H,13H2,1H3,(H,23,25)/b21-12-. The summed E-state index contributed by atoms with van der Waals surface area (Å²) in [6.07, 6.45) is 1.75. The third kappa shape index (κ3) is 5.34. The summed E-state index contributed by atoms with van der Waals surface area (Å²) in [5, 5.41) is 4.90. The molecule has 1 N–H and O–H groups in total. The summed E-state index contributed by atoms with van der Waals surface area (Å²) in [4.78, 5) is 24.8. The highest BCUT2D eigenvalue weighted by Crippen LogP contribution is 2.28. The maximum absolute atomic E-state index is 12.5. The van der Waals surface area contributed by atoms with Crippen molar-refractivity contribution in [1.82, 2.24) is 5.32 Å². The average molecular weight is 410 g/mol. The average Bonchev–Trinajstić information content (AvgIpc) is 3.21. The largest absolute Gasteiger partial charge is 0.497 e. The van der Waals surface area contributed by atoms with E-state index in [0.717, 1.165) is 39.1 Å². The van der Waals surface area contributed by atoms with Crippen LogP contribution in [0.4, 0.5) is 0 Å². The Morgan fingerprint density at radius 2 is 1.86 bits per heavy atom. The fraction of sp³-hybridized carbons (Fsp3) is 0.0909. The Labute approximate surface area is 172 Å². The molecule has 1 heterocycles. The van der Waals surface area contributed by atoms with Crippen LogP contribution in [-0.2, 0) is 16.1 Å². The summed E-state index contributed by atoms with van der Waals surface area (Å²) in [7, 11) is 1.61. The SMILES string of the molecule is COc1ccc(CNC(=O)/C(=C/c2cc(-c3ccccc3)cs2)SC=O)cc1. The third-order valence-corrected chi connectivity index (χ3v) is 5.54. The number of nitrogens with one attached hydrogen (secondary N) is 1. The summed E-state index contributed by atoms with van der Waals surface area (Å²) >= 11 is 2.42. The zero-order valence-electron chi connectivity index (χ0n) is 15.3. The third-order valence-electron chi connectivity index (χ3n) is 4.01. The van der Waals surface area contributed by atoms with Crippen LogP contribution in [0.25, 0.3) is 17.2 Å². The van der Waals surface area contributed by atoms with E-state index < -0.39 is 0 Å². The molecule has 0 radical (unpaired) electrons. The van der Waals surface area contributed by atoms with E-state index in [-0.39, 0.29) is 5.91 Å². The van der Waals surface area contributed by atoms with E-state index >= 15 is 0 Å². The van der Waals surface area contributed by atoms with Gasteiger partial charge in [0.05, 0.1) is 12.0 Å². The molecule has 0 saturated carbocycles. The molecule has 6 heteroatoms. The first-order valence-electron chi connectivity index (χ1n) is 8.56. The minimum absolute atomic E-state index is 0.275. The van der Waals surface area contributed by atoms with Crippen LogP contribution in [0.15, 0.2) is 70.9 Å². The maximum Gasteiger partial charge on any atom is 0.258 e. The second-order valence-corrected chi connectivity index (χ2v) is 7.67. The molecule has 1 aromatic heterocycles. The zero-order chi connectivity index (χ0) is 19.8. The number of thiophene rings is 1. The van der Waals surface area contributed by atoms with Crippen LogP contribution in [0, 0.1) is 0 Å². The van der Waals surface area contributed by atoms with Crippen molar-refractivity contribution in [3.05, 3.63) is 81.4 Å². The molecule has 0 aliphatic carbocycles. The van der Waals surface area contributed by atoms with Crippen molar-refractivity contribution in [2.75, 3.05) is 7.11 Å². The van der Waals surface area contributed by atoms with E-state index in [9.17, 15) is 9.59 Å². The second kappa shape index (κ2) is 9.92. The van der Waals surface area contributed by atoms with Gasteiger partial charge in [0.15, 0.2) is 5.62 Å². The van der Waals surface area contributed by atoms with E-state index in [1.54, 1.807) is 13.2 Å². The monoisotopic (exact) mass is 409 g/mol.